The van der Waals surface area contributed by atoms with E-state index in [1.165, 1.54) is 0 Å². The summed E-state index contributed by atoms with van der Waals surface area (Å²) in [6.45, 7) is 10.6. The van der Waals surface area contributed by atoms with Crippen molar-refractivity contribution < 1.29 is 9.26 Å². The number of methoxy groups -OCH3 is 1. The number of ether oxygens (including phenoxy) is 1. The van der Waals surface area contributed by atoms with E-state index in [1.54, 1.807) is 7.11 Å². The SMILES string of the molecule is CCNCc1cc(CN(CCOC)C(C)CC)on1. The van der Waals surface area contributed by atoms with E-state index in [0.717, 1.165) is 50.7 Å². The largest absolute Gasteiger partial charge is 0.383 e. The summed E-state index contributed by atoms with van der Waals surface area (Å²) in [5.41, 5.74) is 0.965. The third kappa shape index (κ3) is 5.72. The Morgan fingerprint density at radius 3 is 2.89 bits per heavy atom. The summed E-state index contributed by atoms with van der Waals surface area (Å²) in [6, 6.07) is 2.54. The Morgan fingerprint density at radius 1 is 1.47 bits per heavy atom. The number of nitrogens with one attached hydrogen (secondary N) is 1. The Morgan fingerprint density at radius 2 is 2.26 bits per heavy atom. The minimum Gasteiger partial charge on any atom is -0.383 e. The van der Waals surface area contributed by atoms with E-state index in [2.05, 4.69) is 36.1 Å². The summed E-state index contributed by atoms with van der Waals surface area (Å²) in [7, 11) is 1.73. The van der Waals surface area contributed by atoms with Gasteiger partial charge in [0, 0.05) is 32.3 Å². The predicted octanol–water partition coefficient (Wildman–Crippen LogP) is 2.03. The van der Waals surface area contributed by atoms with E-state index in [9.17, 15) is 0 Å². The number of hydrogen-bond donors (Lipinski definition) is 1. The molecule has 1 aromatic heterocycles. The van der Waals surface area contributed by atoms with Gasteiger partial charge >= 0.3 is 0 Å². The average molecular weight is 269 g/mol. The molecule has 1 unspecified atom stereocenters. The van der Waals surface area contributed by atoms with Gasteiger partial charge in [-0.1, -0.05) is 19.0 Å². The lowest BCUT2D eigenvalue weighted by atomic mass is 10.2. The zero-order valence-corrected chi connectivity index (χ0v) is 12.6. The maximum atomic E-state index is 5.39. The highest BCUT2D eigenvalue weighted by molar-refractivity contribution is 5.05. The molecule has 0 amide bonds. The fraction of sp³-hybridized carbons (Fsp3) is 0.786. The molecule has 0 aromatic carbocycles. The maximum Gasteiger partial charge on any atom is 0.151 e. The lowest BCUT2D eigenvalue weighted by Crippen LogP contribution is -2.34. The number of nitrogens with zero attached hydrogens (tertiary/aromatic N) is 2. The van der Waals surface area contributed by atoms with Crippen molar-refractivity contribution in [2.75, 3.05) is 26.8 Å². The van der Waals surface area contributed by atoms with Crippen LogP contribution >= 0.6 is 0 Å². The minimum absolute atomic E-state index is 0.512. The number of hydrogen-bond acceptors (Lipinski definition) is 5. The Hall–Kier alpha value is -0.910. The molecule has 0 spiro atoms. The van der Waals surface area contributed by atoms with Crippen LogP contribution in [0, 0.1) is 0 Å². The zero-order valence-electron chi connectivity index (χ0n) is 12.6. The topological polar surface area (TPSA) is 50.5 Å². The smallest absolute Gasteiger partial charge is 0.151 e. The Bertz CT molecular complexity index is 341. The van der Waals surface area contributed by atoms with Crippen molar-refractivity contribution in [2.24, 2.45) is 0 Å². The molecule has 19 heavy (non-hydrogen) atoms. The van der Waals surface area contributed by atoms with Gasteiger partial charge in [0.25, 0.3) is 0 Å². The first-order chi connectivity index (χ1) is 9.21. The molecule has 0 bridgehead atoms. The zero-order chi connectivity index (χ0) is 14.1. The lowest BCUT2D eigenvalue weighted by Gasteiger charge is -2.26. The molecule has 0 fully saturated rings. The molecule has 0 radical (unpaired) electrons. The summed E-state index contributed by atoms with van der Waals surface area (Å²) in [6.07, 6.45) is 1.11. The van der Waals surface area contributed by atoms with Gasteiger partial charge in [0.2, 0.25) is 0 Å². The quantitative estimate of drug-likeness (QED) is 0.704. The fourth-order valence-electron chi connectivity index (χ4n) is 1.89. The van der Waals surface area contributed by atoms with Crippen molar-refractivity contribution in [3.63, 3.8) is 0 Å². The third-order valence-corrected chi connectivity index (χ3v) is 3.32. The summed E-state index contributed by atoms with van der Waals surface area (Å²) >= 11 is 0. The standard InChI is InChI=1S/C14H27N3O2/c1-5-12(3)17(7-8-18-4)11-14-9-13(16-19-14)10-15-6-2/h9,12,15H,5-8,10-11H2,1-4H3. The minimum atomic E-state index is 0.512. The molecular weight excluding hydrogens is 242 g/mol. The maximum absolute atomic E-state index is 5.39. The van der Waals surface area contributed by atoms with Crippen molar-refractivity contribution in [3.05, 3.63) is 17.5 Å². The van der Waals surface area contributed by atoms with Crippen LogP contribution in [0.4, 0.5) is 0 Å². The molecule has 5 heteroatoms. The van der Waals surface area contributed by atoms with Crippen LogP contribution in [0.25, 0.3) is 0 Å². The second kappa shape index (κ2) is 9.07. The van der Waals surface area contributed by atoms with Crippen molar-refractivity contribution in [1.82, 2.24) is 15.4 Å². The molecule has 1 heterocycles. The molecule has 1 N–H and O–H groups in total. The van der Waals surface area contributed by atoms with Crippen molar-refractivity contribution >= 4 is 0 Å². The van der Waals surface area contributed by atoms with E-state index in [-0.39, 0.29) is 0 Å². The van der Waals surface area contributed by atoms with Crippen LogP contribution in [0.3, 0.4) is 0 Å². The highest BCUT2D eigenvalue weighted by atomic mass is 16.5. The van der Waals surface area contributed by atoms with Crippen LogP contribution in [-0.4, -0.2) is 42.9 Å². The van der Waals surface area contributed by atoms with Gasteiger partial charge in [-0.2, -0.15) is 0 Å². The molecule has 0 aliphatic rings. The fourth-order valence-corrected chi connectivity index (χ4v) is 1.89. The summed E-state index contributed by atoms with van der Waals surface area (Å²) < 4.78 is 10.6. The monoisotopic (exact) mass is 269 g/mol. The van der Waals surface area contributed by atoms with E-state index in [4.69, 9.17) is 9.26 Å². The van der Waals surface area contributed by atoms with Gasteiger partial charge in [0.05, 0.1) is 18.8 Å². The van der Waals surface area contributed by atoms with Crippen LogP contribution < -0.4 is 5.32 Å². The summed E-state index contributed by atoms with van der Waals surface area (Å²) in [5.74, 6) is 0.921. The molecule has 1 aromatic rings. The van der Waals surface area contributed by atoms with Crippen LogP contribution in [0.15, 0.2) is 10.6 Å². The highest BCUT2D eigenvalue weighted by Gasteiger charge is 2.15. The molecule has 0 aliphatic carbocycles. The van der Waals surface area contributed by atoms with Gasteiger partial charge in [-0.3, -0.25) is 4.90 Å². The van der Waals surface area contributed by atoms with Gasteiger partial charge in [-0.15, -0.1) is 0 Å². The van der Waals surface area contributed by atoms with Crippen molar-refractivity contribution in [1.29, 1.82) is 0 Å². The van der Waals surface area contributed by atoms with E-state index in [0.29, 0.717) is 6.04 Å². The normalized spacial score (nSPS) is 13.1. The van der Waals surface area contributed by atoms with Crippen LogP contribution in [0.5, 0.6) is 0 Å². The Balaban J connectivity index is 2.54. The van der Waals surface area contributed by atoms with Gasteiger partial charge in [-0.05, 0) is 19.9 Å². The summed E-state index contributed by atoms with van der Waals surface area (Å²) in [4.78, 5) is 2.36. The molecule has 1 atom stereocenters. The van der Waals surface area contributed by atoms with E-state index in [1.807, 2.05) is 6.07 Å². The molecule has 0 saturated carbocycles. The van der Waals surface area contributed by atoms with Crippen molar-refractivity contribution in [3.8, 4) is 0 Å². The second-order valence-electron chi connectivity index (χ2n) is 4.79. The molecular formula is C14H27N3O2. The van der Waals surface area contributed by atoms with Gasteiger partial charge in [-0.25, -0.2) is 0 Å². The average Bonchev–Trinajstić information content (AvgIpc) is 2.87. The number of rotatable bonds is 10. The Labute approximate surface area is 116 Å². The first kappa shape index (κ1) is 16.1. The molecule has 0 aliphatic heterocycles. The van der Waals surface area contributed by atoms with Gasteiger partial charge < -0.3 is 14.6 Å². The Kier molecular flexibility index (Phi) is 7.70. The van der Waals surface area contributed by atoms with Gasteiger partial charge in [0.1, 0.15) is 0 Å². The van der Waals surface area contributed by atoms with Crippen LogP contribution in [0.1, 0.15) is 38.6 Å². The lowest BCUT2D eigenvalue weighted by molar-refractivity contribution is 0.110. The molecule has 1 rings (SSSR count). The predicted molar refractivity (Wildman–Crippen MR) is 75.9 cm³/mol. The molecule has 110 valence electrons. The van der Waals surface area contributed by atoms with Crippen LogP contribution in [0.2, 0.25) is 0 Å². The first-order valence-corrected chi connectivity index (χ1v) is 7.09. The van der Waals surface area contributed by atoms with Crippen LogP contribution in [-0.2, 0) is 17.8 Å². The molecule has 5 nitrogen and oxygen atoms in total. The number of aromatic nitrogens is 1. The van der Waals surface area contributed by atoms with E-state index < -0.39 is 0 Å². The first-order valence-electron chi connectivity index (χ1n) is 7.09. The van der Waals surface area contributed by atoms with Crippen molar-refractivity contribution in [2.45, 2.75) is 46.3 Å². The second-order valence-corrected chi connectivity index (χ2v) is 4.79. The van der Waals surface area contributed by atoms with E-state index >= 15 is 0 Å². The third-order valence-electron chi connectivity index (χ3n) is 3.32. The van der Waals surface area contributed by atoms with Gasteiger partial charge in [0.15, 0.2) is 5.76 Å². The molecule has 0 saturated heterocycles. The highest BCUT2D eigenvalue weighted by Crippen LogP contribution is 2.11. The summed E-state index contributed by atoms with van der Waals surface area (Å²) in [5, 5.41) is 7.32.